The van der Waals surface area contributed by atoms with Crippen LogP contribution in [0.15, 0.2) is 0 Å². The van der Waals surface area contributed by atoms with Gasteiger partial charge in [0.15, 0.2) is 0 Å². The minimum Gasteiger partial charge on any atom is -0.462 e. The van der Waals surface area contributed by atoms with Crippen molar-refractivity contribution < 1.29 is 9.47 Å². The highest BCUT2D eigenvalue weighted by Gasteiger charge is 2.60. The molecule has 4 bridgehead atoms. The van der Waals surface area contributed by atoms with E-state index in [4.69, 9.17) is 9.47 Å². The van der Waals surface area contributed by atoms with Crippen molar-refractivity contribution in [1.29, 1.82) is 0 Å². The predicted molar refractivity (Wildman–Crippen MR) is 93.7 cm³/mol. The van der Waals surface area contributed by atoms with Crippen molar-refractivity contribution in [3.63, 3.8) is 0 Å². The summed E-state index contributed by atoms with van der Waals surface area (Å²) in [5.41, 5.74) is 0.308. The average molecular weight is 346 g/mol. The van der Waals surface area contributed by atoms with Crippen molar-refractivity contribution in [3.8, 4) is 6.01 Å². The molecule has 5 aliphatic rings. The molecule has 1 saturated heterocycles. The Kier molecular flexibility index (Phi) is 4.01. The second-order valence-corrected chi connectivity index (χ2v) is 8.55. The molecule has 2 unspecified atom stereocenters. The van der Waals surface area contributed by atoms with E-state index in [2.05, 4.69) is 26.6 Å². The molecule has 1 aliphatic heterocycles. The van der Waals surface area contributed by atoms with Gasteiger partial charge in [-0.3, -0.25) is 9.47 Å². The van der Waals surface area contributed by atoms with E-state index in [1.807, 2.05) is 0 Å². The molecule has 5 fully saturated rings. The number of aromatic nitrogens is 3. The van der Waals surface area contributed by atoms with Gasteiger partial charge in [0.05, 0.1) is 13.2 Å². The van der Waals surface area contributed by atoms with Gasteiger partial charge in [-0.05, 0) is 56.8 Å². The molecule has 0 radical (unpaired) electrons. The van der Waals surface area contributed by atoms with Crippen molar-refractivity contribution in [1.82, 2.24) is 19.7 Å². The maximum Gasteiger partial charge on any atom is 0.317 e. The largest absolute Gasteiger partial charge is 0.462 e. The second-order valence-electron chi connectivity index (χ2n) is 8.55. The van der Waals surface area contributed by atoms with Crippen molar-refractivity contribution in [2.45, 2.75) is 51.0 Å². The Morgan fingerprint density at radius 2 is 1.88 bits per heavy atom. The Labute approximate surface area is 149 Å². The molecule has 0 N–H and O–H groups in total. The molecule has 25 heavy (non-hydrogen) atoms. The quantitative estimate of drug-likeness (QED) is 0.789. The van der Waals surface area contributed by atoms with E-state index in [1.54, 1.807) is 0 Å². The lowest BCUT2D eigenvalue weighted by Gasteiger charge is -2.32. The number of hydrogen-bond donors (Lipinski definition) is 0. The predicted octanol–water partition coefficient (Wildman–Crippen LogP) is 2.09. The van der Waals surface area contributed by atoms with Crippen LogP contribution in [-0.4, -0.2) is 59.1 Å². The van der Waals surface area contributed by atoms with Gasteiger partial charge in [0.25, 0.3) is 0 Å². The van der Waals surface area contributed by atoms with E-state index in [0.29, 0.717) is 12.0 Å². The fourth-order valence-corrected chi connectivity index (χ4v) is 6.30. The fourth-order valence-electron chi connectivity index (χ4n) is 6.30. The number of ether oxygens (including phenoxy) is 2. The number of morpholine rings is 1. The molecule has 0 amide bonds. The minimum absolute atomic E-state index is 0.308. The lowest BCUT2D eigenvalue weighted by atomic mass is 9.75. The van der Waals surface area contributed by atoms with Crippen LogP contribution in [-0.2, 0) is 16.7 Å². The third-order valence-electron chi connectivity index (χ3n) is 7.21. The smallest absolute Gasteiger partial charge is 0.317 e. The summed E-state index contributed by atoms with van der Waals surface area (Å²) in [5, 5.41) is 9.13. The van der Waals surface area contributed by atoms with Gasteiger partial charge in [-0.25, -0.2) is 0 Å². The van der Waals surface area contributed by atoms with Gasteiger partial charge in [-0.15, -0.1) is 5.10 Å². The summed E-state index contributed by atoms with van der Waals surface area (Å²) in [6.07, 6.45) is 6.96. The zero-order valence-corrected chi connectivity index (χ0v) is 15.3. The van der Waals surface area contributed by atoms with Crippen molar-refractivity contribution >= 4 is 0 Å². The zero-order chi connectivity index (χ0) is 16.9. The Hall–Kier alpha value is -1.14. The van der Waals surface area contributed by atoms with Crippen LogP contribution in [0.2, 0.25) is 0 Å². The summed E-state index contributed by atoms with van der Waals surface area (Å²) in [6.45, 7) is 8.39. The van der Waals surface area contributed by atoms with Gasteiger partial charge in [0.1, 0.15) is 12.4 Å². The number of rotatable bonds is 6. The summed E-state index contributed by atoms with van der Waals surface area (Å²) < 4.78 is 13.7. The SMILES string of the molecule is CCn1c(OCCN2CCOCC2)nnc1C12CC3CC(CC1C3)C2. The van der Waals surface area contributed by atoms with Gasteiger partial charge >= 0.3 is 6.01 Å². The molecule has 4 aliphatic carbocycles. The number of hydrogen-bond acceptors (Lipinski definition) is 5. The lowest BCUT2D eigenvalue weighted by molar-refractivity contribution is 0.0314. The molecular formula is C19H30N4O2. The van der Waals surface area contributed by atoms with Crippen LogP contribution in [0, 0.1) is 17.8 Å². The molecule has 6 heteroatoms. The van der Waals surface area contributed by atoms with Crippen LogP contribution >= 0.6 is 0 Å². The minimum atomic E-state index is 0.308. The van der Waals surface area contributed by atoms with Crippen LogP contribution in [0.3, 0.4) is 0 Å². The van der Waals surface area contributed by atoms with Gasteiger partial charge in [-0.2, -0.15) is 0 Å². The molecule has 138 valence electrons. The third-order valence-corrected chi connectivity index (χ3v) is 7.21. The van der Waals surface area contributed by atoms with Crippen LogP contribution in [0.5, 0.6) is 6.01 Å². The first kappa shape index (κ1) is 16.1. The second kappa shape index (κ2) is 6.23. The Morgan fingerprint density at radius 1 is 1.12 bits per heavy atom. The molecule has 4 saturated carbocycles. The third kappa shape index (κ3) is 2.60. The maximum atomic E-state index is 6.06. The molecule has 1 aromatic rings. The summed E-state index contributed by atoms with van der Waals surface area (Å²) >= 11 is 0. The van der Waals surface area contributed by atoms with Crippen LogP contribution < -0.4 is 4.74 Å². The molecule has 0 spiro atoms. The average Bonchev–Trinajstić information content (AvgIpc) is 3.23. The molecular weight excluding hydrogens is 316 g/mol. The standard InChI is InChI=1S/C19H30N4O2/c1-2-23-17(19-12-14-9-15(13-19)11-16(19)10-14)20-21-18(23)25-8-5-22-3-6-24-7-4-22/h14-16H,2-13H2,1H3. The normalized spacial score (nSPS) is 37.1. The van der Waals surface area contributed by atoms with Crippen molar-refractivity contribution in [2.75, 3.05) is 39.5 Å². The molecule has 2 atom stereocenters. The molecule has 1 aromatic heterocycles. The first-order chi connectivity index (χ1) is 12.3. The van der Waals surface area contributed by atoms with Gasteiger partial charge in [0, 0.05) is 31.6 Å². The highest BCUT2D eigenvalue weighted by Crippen LogP contribution is 2.65. The Bertz CT molecular complexity index is 611. The van der Waals surface area contributed by atoms with Gasteiger partial charge < -0.3 is 9.47 Å². The Balaban J connectivity index is 1.30. The topological polar surface area (TPSA) is 52.4 Å². The highest BCUT2D eigenvalue weighted by molar-refractivity contribution is 5.24. The molecule has 6 nitrogen and oxygen atoms in total. The molecule has 2 heterocycles. The number of nitrogens with zero attached hydrogens (tertiary/aromatic N) is 4. The van der Waals surface area contributed by atoms with Crippen LogP contribution in [0.1, 0.15) is 44.9 Å². The first-order valence-corrected chi connectivity index (χ1v) is 10.1. The van der Waals surface area contributed by atoms with Gasteiger partial charge in [-0.1, -0.05) is 5.10 Å². The summed E-state index contributed by atoms with van der Waals surface area (Å²) in [5.74, 6) is 3.94. The summed E-state index contributed by atoms with van der Waals surface area (Å²) in [7, 11) is 0. The van der Waals surface area contributed by atoms with E-state index in [9.17, 15) is 0 Å². The fraction of sp³-hybridized carbons (Fsp3) is 0.895. The van der Waals surface area contributed by atoms with Crippen molar-refractivity contribution in [2.24, 2.45) is 17.8 Å². The lowest BCUT2D eigenvalue weighted by Crippen LogP contribution is -2.38. The molecule has 0 aromatic carbocycles. The first-order valence-electron chi connectivity index (χ1n) is 10.1. The van der Waals surface area contributed by atoms with Gasteiger partial charge in [0.2, 0.25) is 0 Å². The zero-order valence-electron chi connectivity index (χ0n) is 15.3. The van der Waals surface area contributed by atoms with E-state index in [1.165, 1.54) is 37.9 Å². The Morgan fingerprint density at radius 3 is 2.60 bits per heavy atom. The van der Waals surface area contributed by atoms with Crippen LogP contribution in [0.25, 0.3) is 0 Å². The monoisotopic (exact) mass is 346 g/mol. The van der Waals surface area contributed by atoms with E-state index in [0.717, 1.165) is 63.2 Å². The van der Waals surface area contributed by atoms with E-state index < -0.39 is 0 Å². The van der Waals surface area contributed by atoms with E-state index in [-0.39, 0.29) is 0 Å². The summed E-state index contributed by atoms with van der Waals surface area (Å²) in [6, 6.07) is 0.728. The van der Waals surface area contributed by atoms with E-state index >= 15 is 0 Å². The molecule has 6 rings (SSSR count). The maximum absolute atomic E-state index is 6.06. The van der Waals surface area contributed by atoms with Crippen LogP contribution in [0.4, 0.5) is 0 Å². The van der Waals surface area contributed by atoms with Crippen molar-refractivity contribution in [3.05, 3.63) is 5.82 Å². The summed E-state index contributed by atoms with van der Waals surface area (Å²) in [4.78, 5) is 2.40. The highest BCUT2D eigenvalue weighted by atomic mass is 16.5.